The Morgan fingerprint density at radius 2 is 1.44 bits per heavy atom. The lowest BCUT2D eigenvalue weighted by molar-refractivity contribution is -0.207. The van der Waals surface area contributed by atoms with E-state index in [2.05, 4.69) is 0 Å². The summed E-state index contributed by atoms with van der Waals surface area (Å²) in [6, 6.07) is -0.244. The summed E-state index contributed by atoms with van der Waals surface area (Å²) in [6.07, 6.45) is -8.73. The lowest BCUT2D eigenvalue weighted by atomic mass is 10.1. The van der Waals surface area contributed by atoms with Gasteiger partial charge in [0.15, 0.2) is 29.4 Å². The molecule has 0 heterocycles. The minimum Gasteiger partial charge on any atom is -0.379 e. The molecule has 0 aliphatic heterocycles. The molecule has 0 aliphatic carbocycles. The molecule has 0 aliphatic rings. The molecule has 0 saturated carbocycles. The number of hydrogen-bond donors (Lipinski definition) is 1. The lowest BCUT2D eigenvalue weighted by Gasteiger charge is -2.15. The highest BCUT2D eigenvalue weighted by Gasteiger charge is 2.42. The van der Waals surface area contributed by atoms with Gasteiger partial charge in [0.05, 0.1) is 0 Å². The van der Waals surface area contributed by atoms with Crippen LogP contribution in [-0.4, -0.2) is 11.3 Å². The van der Waals surface area contributed by atoms with Crippen LogP contribution in [0.25, 0.3) is 0 Å². The maximum Gasteiger partial charge on any atom is 0.418 e. The van der Waals surface area contributed by atoms with Crippen molar-refractivity contribution in [2.45, 2.75) is 12.3 Å². The largest absolute Gasteiger partial charge is 0.418 e. The molecule has 8 heteroatoms. The van der Waals surface area contributed by atoms with Crippen LogP contribution in [0.1, 0.15) is 11.7 Å². The van der Waals surface area contributed by atoms with Gasteiger partial charge in [0.25, 0.3) is 0 Å². The van der Waals surface area contributed by atoms with Crippen LogP contribution in [0.3, 0.4) is 0 Å². The number of rotatable bonds is 1. The molecule has 0 saturated heterocycles. The molecule has 0 amide bonds. The third kappa shape index (κ3) is 2.11. The van der Waals surface area contributed by atoms with Crippen molar-refractivity contribution in [1.29, 1.82) is 0 Å². The van der Waals surface area contributed by atoms with Crippen LogP contribution in [-0.2, 0) is 0 Å². The number of aliphatic hydroxyl groups excluding tert-OH is 1. The molecular formula is C8H3F7O. The minimum atomic E-state index is -5.31. The number of alkyl halides is 3. The normalized spacial score (nSPS) is 14.0. The highest BCUT2D eigenvalue weighted by Crippen LogP contribution is 2.35. The number of halogens is 7. The SMILES string of the molecule is O[C@@H](c1cc(F)c(F)c(F)c1F)C(F)(F)F. The number of aliphatic hydroxyl groups is 1. The zero-order chi connectivity index (χ0) is 12.7. The van der Waals surface area contributed by atoms with Gasteiger partial charge in [0, 0.05) is 5.56 Å². The second-order valence-electron chi connectivity index (χ2n) is 2.83. The van der Waals surface area contributed by atoms with Crippen LogP contribution in [0, 0.1) is 23.3 Å². The van der Waals surface area contributed by atoms with Gasteiger partial charge in [-0.05, 0) is 6.07 Å². The Balaban J connectivity index is 3.36. The van der Waals surface area contributed by atoms with Crippen LogP contribution in [0.5, 0.6) is 0 Å². The van der Waals surface area contributed by atoms with Gasteiger partial charge in [0.1, 0.15) is 0 Å². The summed E-state index contributed by atoms with van der Waals surface area (Å²) in [4.78, 5) is 0. The fourth-order valence-corrected chi connectivity index (χ4v) is 0.966. The van der Waals surface area contributed by atoms with Crippen molar-refractivity contribution in [2.24, 2.45) is 0 Å². The number of hydrogen-bond acceptors (Lipinski definition) is 1. The van der Waals surface area contributed by atoms with Gasteiger partial charge in [-0.15, -0.1) is 0 Å². The molecule has 0 radical (unpaired) electrons. The first-order valence-electron chi connectivity index (χ1n) is 3.74. The fraction of sp³-hybridized carbons (Fsp3) is 0.250. The monoisotopic (exact) mass is 248 g/mol. The molecule has 16 heavy (non-hydrogen) atoms. The molecule has 1 N–H and O–H groups in total. The van der Waals surface area contributed by atoms with Crippen molar-refractivity contribution >= 4 is 0 Å². The maximum atomic E-state index is 12.8. The third-order valence-corrected chi connectivity index (χ3v) is 1.74. The quantitative estimate of drug-likeness (QED) is 0.460. The molecule has 0 bridgehead atoms. The average Bonchev–Trinajstić information content (AvgIpc) is 2.18. The molecule has 0 aromatic heterocycles. The van der Waals surface area contributed by atoms with E-state index in [4.69, 9.17) is 5.11 Å². The first kappa shape index (κ1) is 12.8. The molecule has 1 nitrogen and oxygen atoms in total. The molecule has 1 rings (SSSR count). The van der Waals surface area contributed by atoms with E-state index in [9.17, 15) is 30.7 Å². The van der Waals surface area contributed by atoms with E-state index in [1.54, 1.807) is 0 Å². The fourth-order valence-electron chi connectivity index (χ4n) is 0.966. The first-order valence-corrected chi connectivity index (χ1v) is 3.74. The summed E-state index contributed by atoms with van der Waals surface area (Å²) < 4.78 is 86.0. The molecule has 1 aromatic rings. The van der Waals surface area contributed by atoms with E-state index in [1.807, 2.05) is 0 Å². The number of benzene rings is 1. The minimum absolute atomic E-state index is 0.244. The van der Waals surface area contributed by atoms with Gasteiger partial charge in [0.2, 0.25) is 0 Å². The zero-order valence-electron chi connectivity index (χ0n) is 7.25. The van der Waals surface area contributed by atoms with Crippen molar-refractivity contribution < 1.29 is 35.8 Å². The first-order chi connectivity index (χ1) is 7.16. The molecule has 1 aromatic carbocycles. The van der Waals surface area contributed by atoms with Gasteiger partial charge < -0.3 is 5.11 Å². The molecule has 0 spiro atoms. The van der Waals surface area contributed by atoms with Crippen LogP contribution in [0.15, 0.2) is 6.07 Å². The van der Waals surface area contributed by atoms with Crippen LogP contribution < -0.4 is 0 Å². The predicted octanol–water partition coefficient (Wildman–Crippen LogP) is 2.84. The van der Waals surface area contributed by atoms with E-state index in [0.717, 1.165) is 0 Å². The topological polar surface area (TPSA) is 20.2 Å². The Morgan fingerprint density at radius 1 is 0.938 bits per heavy atom. The van der Waals surface area contributed by atoms with E-state index in [-0.39, 0.29) is 6.07 Å². The van der Waals surface area contributed by atoms with Crippen molar-refractivity contribution in [3.63, 3.8) is 0 Å². The van der Waals surface area contributed by atoms with Gasteiger partial charge in [-0.1, -0.05) is 0 Å². The second kappa shape index (κ2) is 3.93. The summed E-state index contributed by atoms with van der Waals surface area (Å²) in [6.45, 7) is 0. The second-order valence-corrected chi connectivity index (χ2v) is 2.83. The van der Waals surface area contributed by atoms with Crippen molar-refractivity contribution in [1.82, 2.24) is 0 Å². The molecular weight excluding hydrogens is 245 g/mol. The third-order valence-electron chi connectivity index (χ3n) is 1.74. The van der Waals surface area contributed by atoms with Crippen molar-refractivity contribution in [3.8, 4) is 0 Å². The van der Waals surface area contributed by atoms with Crippen LogP contribution >= 0.6 is 0 Å². The summed E-state index contributed by atoms with van der Waals surface area (Å²) in [5, 5.41) is 8.56. The Morgan fingerprint density at radius 3 is 1.88 bits per heavy atom. The summed E-state index contributed by atoms with van der Waals surface area (Å²) in [7, 11) is 0. The lowest BCUT2D eigenvalue weighted by Crippen LogP contribution is -2.22. The van der Waals surface area contributed by atoms with E-state index in [1.165, 1.54) is 0 Å². The average molecular weight is 248 g/mol. The smallest absolute Gasteiger partial charge is 0.379 e. The summed E-state index contributed by atoms with van der Waals surface area (Å²) in [5.74, 6) is -8.94. The van der Waals surface area contributed by atoms with Crippen molar-refractivity contribution in [3.05, 3.63) is 34.9 Å². The van der Waals surface area contributed by atoms with E-state index in [0.29, 0.717) is 0 Å². The highest BCUT2D eigenvalue weighted by atomic mass is 19.4. The molecule has 90 valence electrons. The maximum absolute atomic E-state index is 12.8. The van der Waals surface area contributed by atoms with Crippen LogP contribution in [0.4, 0.5) is 30.7 Å². The van der Waals surface area contributed by atoms with E-state index >= 15 is 0 Å². The molecule has 0 fully saturated rings. The highest BCUT2D eigenvalue weighted by molar-refractivity contribution is 5.24. The van der Waals surface area contributed by atoms with Gasteiger partial charge in [-0.3, -0.25) is 0 Å². The van der Waals surface area contributed by atoms with E-state index < -0.39 is 41.1 Å². The van der Waals surface area contributed by atoms with Crippen molar-refractivity contribution in [2.75, 3.05) is 0 Å². The van der Waals surface area contributed by atoms with Crippen LogP contribution in [0.2, 0.25) is 0 Å². The zero-order valence-corrected chi connectivity index (χ0v) is 7.25. The Labute approximate surface area is 84.1 Å². The Hall–Kier alpha value is -1.31. The summed E-state index contributed by atoms with van der Waals surface area (Å²) >= 11 is 0. The Kier molecular flexibility index (Phi) is 3.13. The predicted molar refractivity (Wildman–Crippen MR) is 37.3 cm³/mol. The van der Waals surface area contributed by atoms with Gasteiger partial charge in [-0.2, -0.15) is 13.2 Å². The van der Waals surface area contributed by atoms with Gasteiger partial charge in [-0.25, -0.2) is 17.6 Å². The summed E-state index contributed by atoms with van der Waals surface area (Å²) in [5.41, 5.74) is -1.70. The molecule has 1 atom stereocenters. The Bertz CT molecular complexity index is 412. The molecule has 0 unspecified atom stereocenters. The standard InChI is InChI=1S/C8H3F7O/c9-3-1-2(7(16)8(13,14)15)4(10)6(12)5(3)11/h1,7,16H/t7-/m0/s1. The van der Waals surface area contributed by atoms with Gasteiger partial charge >= 0.3 is 6.18 Å².